The quantitative estimate of drug-likeness (QED) is 0.334. The highest BCUT2D eigenvalue weighted by atomic mass is 16.6. The first-order chi connectivity index (χ1) is 11.8. The molecular formula is C17H32N4O4. The summed E-state index contributed by atoms with van der Waals surface area (Å²) in [7, 11) is 3.17. The van der Waals surface area contributed by atoms with Crippen molar-refractivity contribution in [1.82, 2.24) is 15.5 Å². The van der Waals surface area contributed by atoms with Gasteiger partial charge in [0.15, 0.2) is 5.96 Å². The topological polar surface area (TPSA) is 92.3 Å². The molecule has 0 aromatic rings. The monoisotopic (exact) mass is 356 g/mol. The van der Waals surface area contributed by atoms with Crippen LogP contribution < -0.4 is 10.6 Å². The summed E-state index contributed by atoms with van der Waals surface area (Å²) in [6.45, 7) is 8.28. The molecule has 1 aliphatic rings. The van der Waals surface area contributed by atoms with E-state index >= 15 is 0 Å². The Morgan fingerprint density at radius 3 is 2.28 bits per heavy atom. The van der Waals surface area contributed by atoms with Crippen molar-refractivity contribution in [3.8, 4) is 0 Å². The molecule has 0 unspecified atom stereocenters. The fraction of sp³-hybridized carbons (Fsp3) is 0.824. The second-order valence-corrected chi connectivity index (χ2v) is 7.04. The molecule has 144 valence electrons. The lowest BCUT2D eigenvalue weighted by molar-refractivity contribution is -0.146. The lowest BCUT2D eigenvalue weighted by Gasteiger charge is -2.33. The summed E-state index contributed by atoms with van der Waals surface area (Å²) < 4.78 is 9.99. The first-order valence-electron chi connectivity index (χ1n) is 8.77. The first-order valence-corrected chi connectivity index (χ1v) is 8.77. The number of hydrogen-bond donors (Lipinski definition) is 2. The molecule has 0 aromatic carbocycles. The molecule has 1 saturated heterocycles. The summed E-state index contributed by atoms with van der Waals surface area (Å²) in [5, 5.41) is 6.02. The maximum absolute atomic E-state index is 11.6. The molecule has 1 rings (SSSR count). The Balaban J connectivity index is 2.23. The van der Waals surface area contributed by atoms with E-state index in [-0.39, 0.29) is 11.9 Å². The van der Waals surface area contributed by atoms with E-state index in [2.05, 4.69) is 20.5 Å². The van der Waals surface area contributed by atoms with Gasteiger partial charge in [0.25, 0.3) is 0 Å². The Morgan fingerprint density at radius 2 is 1.76 bits per heavy atom. The van der Waals surface area contributed by atoms with Crippen LogP contribution in [0.3, 0.4) is 0 Å². The number of rotatable bonds is 5. The van der Waals surface area contributed by atoms with Crippen LogP contribution in [0, 0.1) is 5.92 Å². The molecule has 0 spiro atoms. The smallest absolute Gasteiger partial charge is 0.407 e. The Morgan fingerprint density at radius 1 is 1.16 bits per heavy atom. The van der Waals surface area contributed by atoms with Gasteiger partial charge >= 0.3 is 12.1 Å². The van der Waals surface area contributed by atoms with Gasteiger partial charge in [-0.2, -0.15) is 0 Å². The predicted octanol–water partition coefficient (Wildman–Crippen LogP) is 1.36. The molecule has 1 fully saturated rings. The molecule has 1 amide bonds. The predicted molar refractivity (Wildman–Crippen MR) is 96.5 cm³/mol. The number of methoxy groups -OCH3 is 1. The van der Waals surface area contributed by atoms with Crippen LogP contribution in [0.2, 0.25) is 0 Å². The number of nitrogens with zero attached hydrogens (tertiary/aromatic N) is 2. The lowest BCUT2D eigenvalue weighted by atomic mass is 9.97. The number of alkyl carbamates (subject to hydrolysis) is 1. The molecule has 1 heterocycles. The third-order valence-electron chi connectivity index (χ3n) is 3.85. The number of hydrogen-bond acceptors (Lipinski definition) is 5. The standard InChI is InChI=1S/C17H32N4O4/c1-17(2,3)25-16(23)20-10-6-9-19-15(18-4)21-11-7-13(8-12-21)14(22)24-5/h13H,6-12H2,1-5H3,(H,18,19)(H,20,23). The van der Waals surface area contributed by atoms with E-state index in [1.54, 1.807) is 7.05 Å². The fourth-order valence-corrected chi connectivity index (χ4v) is 2.62. The van der Waals surface area contributed by atoms with Crippen molar-refractivity contribution in [3.05, 3.63) is 0 Å². The highest BCUT2D eigenvalue weighted by Gasteiger charge is 2.26. The Labute approximate surface area is 150 Å². The van der Waals surface area contributed by atoms with Crippen LogP contribution >= 0.6 is 0 Å². The minimum atomic E-state index is -0.485. The average Bonchev–Trinajstić information content (AvgIpc) is 2.56. The summed E-state index contributed by atoms with van der Waals surface area (Å²) in [6.07, 6.45) is 1.90. The van der Waals surface area contributed by atoms with Crippen molar-refractivity contribution in [1.29, 1.82) is 0 Å². The summed E-state index contributed by atoms with van der Waals surface area (Å²) in [5.41, 5.74) is -0.485. The highest BCUT2D eigenvalue weighted by Crippen LogP contribution is 2.18. The number of piperidine rings is 1. The van der Waals surface area contributed by atoms with E-state index in [4.69, 9.17) is 9.47 Å². The van der Waals surface area contributed by atoms with Gasteiger partial charge in [-0.05, 0) is 40.0 Å². The summed E-state index contributed by atoms with van der Waals surface area (Å²) in [4.78, 5) is 29.5. The van der Waals surface area contributed by atoms with Crippen LogP contribution in [0.25, 0.3) is 0 Å². The number of likely N-dealkylation sites (tertiary alicyclic amines) is 1. The Kier molecular flexibility index (Phi) is 8.51. The SMILES string of the molecule is CN=C(NCCCNC(=O)OC(C)(C)C)N1CCC(C(=O)OC)CC1. The molecule has 1 aliphatic heterocycles. The van der Waals surface area contributed by atoms with Crippen LogP contribution in [0.4, 0.5) is 4.79 Å². The number of nitrogens with one attached hydrogen (secondary N) is 2. The second-order valence-electron chi connectivity index (χ2n) is 7.04. The molecule has 0 aromatic heterocycles. The van der Waals surface area contributed by atoms with E-state index in [0.717, 1.165) is 38.3 Å². The largest absolute Gasteiger partial charge is 0.469 e. The van der Waals surface area contributed by atoms with Gasteiger partial charge in [0, 0.05) is 33.2 Å². The number of carbonyl (C=O) groups excluding carboxylic acids is 2. The van der Waals surface area contributed by atoms with Crippen molar-refractivity contribution < 1.29 is 19.1 Å². The van der Waals surface area contributed by atoms with Crippen LogP contribution in [0.5, 0.6) is 0 Å². The van der Waals surface area contributed by atoms with E-state index in [1.807, 2.05) is 20.8 Å². The molecule has 0 radical (unpaired) electrons. The van der Waals surface area contributed by atoms with Crippen molar-refractivity contribution in [2.45, 2.75) is 45.6 Å². The number of amides is 1. The Bertz CT molecular complexity index is 466. The van der Waals surface area contributed by atoms with Gasteiger partial charge < -0.3 is 25.0 Å². The molecule has 8 nitrogen and oxygen atoms in total. The van der Waals surface area contributed by atoms with Gasteiger partial charge in [-0.1, -0.05) is 0 Å². The van der Waals surface area contributed by atoms with Gasteiger partial charge in [-0.3, -0.25) is 9.79 Å². The van der Waals surface area contributed by atoms with Crippen molar-refractivity contribution in [3.63, 3.8) is 0 Å². The maximum atomic E-state index is 11.6. The number of esters is 1. The zero-order chi connectivity index (χ0) is 18.9. The second kappa shape index (κ2) is 10.1. The molecular weight excluding hydrogens is 324 g/mol. The lowest BCUT2D eigenvalue weighted by Crippen LogP contribution is -2.47. The minimum Gasteiger partial charge on any atom is -0.469 e. The average molecular weight is 356 g/mol. The number of ether oxygens (including phenoxy) is 2. The number of aliphatic imine (C=N–C) groups is 1. The normalized spacial score (nSPS) is 16.4. The van der Waals surface area contributed by atoms with Crippen molar-refractivity contribution in [2.24, 2.45) is 10.9 Å². The van der Waals surface area contributed by atoms with Crippen molar-refractivity contribution in [2.75, 3.05) is 40.3 Å². The van der Waals surface area contributed by atoms with Crippen LogP contribution in [-0.4, -0.2) is 68.9 Å². The molecule has 0 aliphatic carbocycles. The van der Waals surface area contributed by atoms with E-state index in [1.165, 1.54) is 7.11 Å². The van der Waals surface area contributed by atoms with Gasteiger partial charge in [-0.15, -0.1) is 0 Å². The molecule has 0 saturated carbocycles. The van der Waals surface area contributed by atoms with E-state index in [9.17, 15) is 9.59 Å². The number of carbonyl (C=O) groups is 2. The van der Waals surface area contributed by atoms with E-state index < -0.39 is 11.7 Å². The molecule has 8 heteroatoms. The minimum absolute atomic E-state index is 0.0163. The van der Waals surface area contributed by atoms with Crippen LogP contribution in [0.1, 0.15) is 40.0 Å². The zero-order valence-corrected chi connectivity index (χ0v) is 16.1. The molecule has 2 N–H and O–H groups in total. The number of guanidine groups is 1. The van der Waals surface area contributed by atoms with Crippen molar-refractivity contribution >= 4 is 18.0 Å². The van der Waals surface area contributed by atoms with Gasteiger partial charge in [0.1, 0.15) is 5.60 Å². The van der Waals surface area contributed by atoms with E-state index in [0.29, 0.717) is 13.1 Å². The summed E-state index contributed by atoms with van der Waals surface area (Å²) >= 11 is 0. The van der Waals surface area contributed by atoms with Gasteiger partial charge in [-0.25, -0.2) is 4.79 Å². The molecule has 0 atom stereocenters. The molecule has 0 bridgehead atoms. The third kappa shape index (κ3) is 8.09. The summed E-state index contributed by atoms with van der Waals surface area (Å²) in [5.74, 6) is 0.675. The fourth-order valence-electron chi connectivity index (χ4n) is 2.62. The maximum Gasteiger partial charge on any atom is 0.407 e. The van der Waals surface area contributed by atoms with Gasteiger partial charge in [0.2, 0.25) is 0 Å². The summed E-state index contributed by atoms with van der Waals surface area (Å²) in [6, 6.07) is 0. The highest BCUT2D eigenvalue weighted by molar-refractivity contribution is 5.80. The first kappa shape index (κ1) is 21.1. The third-order valence-corrected chi connectivity index (χ3v) is 3.85. The van der Waals surface area contributed by atoms with Gasteiger partial charge in [0.05, 0.1) is 13.0 Å². The molecule has 25 heavy (non-hydrogen) atoms. The zero-order valence-electron chi connectivity index (χ0n) is 16.1. The van der Waals surface area contributed by atoms with Crippen LogP contribution in [0.15, 0.2) is 4.99 Å². The van der Waals surface area contributed by atoms with Crippen LogP contribution in [-0.2, 0) is 14.3 Å². The Hall–Kier alpha value is -1.99.